The number of halogens is 3. The quantitative estimate of drug-likeness (QED) is 0.692. The summed E-state index contributed by atoms with van der Waals surface area (Å²) in [7, 11) is 0. The van der Waals surface area contributed by atoms with Crippen molar-refractivity contribution in [3.63, 3.8) is 0 Å². The molecule has 0 saturated carbocycles. The van der Waals surface area contributed by atoms with Crippen molar-refractivity contribution in [3.8, 4) is 0 Å². The molecule has 0 aromatic heterocycles. The third-order valence-corrected chi connectivity index (χ3v) is 4.38. The van der Waals surface area contributed by atoms with Gasteiger partial charge in [-0.05, 0) is 60.8 Å². The van der Waals surface area contributed by atoms with Gasteiger partial charge in [-0.2, -0.15) is 0 Å². The Morgan fingerprint density at radius 3 is 2.33 bits per heavy atom. The van der Waals surface area contributed by atoms with Gasteiger partial charge in [0.15, 0.2) is 0 Å². The predicted molar refractivity (Wildman–Crippen MR) is 93.1 cm³/mol. The molecule has 1 atom stereocenters. The summed E-state index contributed by atoms with van der Waals surface area (Å²) in [5, 5.41) is 3.45. The van der Waals surface area contributed by atoms with Gasteiger partial charge in [0, 0.05) is 15.0 Å². The van der Waals surface area contributed by atoms with E-state index in [0.29, 0.717) is 6.42 Å². The molecule has 0 saturated heterocycles. The van der Waals surface area contributed by atoms with Crippen molar-refractivity contribution in [1.82, 2.24) is 5.32 Å². The minimum atomic E-state index is -0.142. The lowest BCUT2D eigenvalue weighted by molar-refractivity contribution is 0.505. The van der Waals surface area contributed by atoms with Gasteiger partial charge in [0.1, 0.15) is 5.82 Å². The zero-order valence-electron chi connectivity index (χ0n) is 11.9. The second kappa shape index (κ2) is 8.06. The standard InChI is InChI=1S/C17H18Br2FN/c1-2-21-16(9-12-3-5-14(18)6-4-12)11-13-10-15(19)7-8-17(13)20/h3-8,10,16,21H,2,9,11H2,1H3. The molecule has 0 radical (unpaired) electrons. The molecule has 0 aliphatic heterocycles. The zero-order valence-corrected chi connectivity index (χ0v) is 15.0. The molecular formula is C17H18Br2FN. The lowest BCUT2D eigenvalue weighted by Crippen LogP contribution is -2.33. The highest BCUT2D eigenvalue weighted by Crippen LogP contribution is 2.19. The van der Waals surface area contributed by atoms with Crippen LogP contribution in [0.4, 0.5) is 4.39 Å². The molecule has 4 heteroatoms. The number of hydrogen-bond acceptors (Lipinski definition) is 1. The maximum Gasteiger partial charge on any atom is 0.126 e. The Morgan fingerprint density at radius 1 is 1.00 bits per heavy atom. The lowest BCUT2D eigenvalue weighted by atomic mass is 9.98. The summed E-state index contributed by atoms with van der Waals surface area (Å²) in [6, 6.07) is 13.6. The molecule has 2 rings (SSSR count). The SMILES string of the molecule is CCNC(Cc1ccc(Br)cc1)Cc1cc(Br)ccc1F. The van der Waals surface area contributed by atoms with Crippen LogP contribution in [0.5, 0.6) is 0 Å². The van der Waals surface area contributed by atoms with E-state index in [9.17, 15) is 4.39 Å². The topological polar surface area (TPSA) is 12.0 Å². The third kappa shape index (κ3) is 5.20. The summed E-state index contributed by atoms with van der Waals surface area (Å²) in [6.07, 6.45) is 1.56. The predicted octanol–water partition coefficient (Wildman–Crippen LogP) is 5.11. The fourth-order valence-electron chi connectivity index (χ4n) is 2.38. The van der Waals surface area contributed by atoms with Gasteiger partial charge in [-0.1, -0.05) is 50.9 Å². The van der Waals surface area contributed by atoms with Crippen LogP contribution in [0.1, 0.15) is 18.1 Å². The molecule has 0 aliphatic carbocycles. The molecule has 1 unspecified atom stereocenters. The van der Waals surface area contributed by atoms with E-state index in [-0.39, 0.29) is 11.9 Å². The first kappa shape index (κ1) is 16.7. The second-order valence-electron chi connectivity index (χ2n) is 5.03. The molecule has 0 aliphatic rings. The summed E-state index contributed by atoms with van der Waals surface area (Å²) in [5.74, 6) is -0.142. The summed E-state index contributed by atoms with van der Waals surface area (Å²) in [4.78, 5) is 0. The molecule has 2 aromatic carbocycles. The van der Waals surface area contributed by atoms with Crippen molar-refractivity contribution in [1.29, 1.82) is 0 Å². The van der Waals surface area contributed by atoms with Crippen LogP contribution in [0.3, 0.4) is 0 Å². The van der Waals surface area contributed by atoms with E-state index >= 15 is 0 Å². The van der Waals surface area contributed by atoms with Crippen molar-refractivity contribution < 1.29 is 4.39 Å². The summed E-state index contributed by atoms with van der Waals surface area (Å²) in [5.41, 5.74) is 1.99. The zero-order chi connectivity index (χ0) is 15.2. The Balaban J connectivity index is 2.11. The smallest absolute Gasteiger partial charge is 0.126 e. The van der Waals surface area contributed by atoms with E-state index in [0.717, 1.165) is 27.5 Å². The van der Waals surface area contributed by atoms with Crippen molar-refractivity contribution in [2.45, 2.75) is 25.8 Å². The highest BCUT2D eigenvalue weighted by atomic mass is 79.9. The van der Waals surface area contributed by atoms with Gasteiger partial charge in [-0.3, -0.25) is 0 Å². The maximum atomic E-state index is 13.9. The summed E-state index contributed by atoms with van der Waals surface area (Å²) < 4.78 is 15.9. The van der Waals surface area contributed by atoms with Crippen LogP contribution in [-0.2, 0) is 12.8 Å². The van der Waals surface area contributed by atoms with Gasteiger partial charge in [0.05, 0.1) is 0 Å². The first-order valence-electron chi connectivity index (χ1n) is 7.00. The average Bonchev–Trinajstić information content (AvgIpc) is 2.45. The Bertz CT molecular complexity index is 584. The molecule has 0 fully saturated rings. The Morgan fingerprint density at radius 2 is 1.67 bits per heavy atom. The van der Waals surface area contributed by atoms with Gasteiger partial charge < -0.3 is 5.32 Å². The Kier molecular flexibility index (Phi) is 6.40. The van der Waals surface area contributed by atoms with Crippen LogP contribution in [0, 0.1) is 5.82 Å². The van der Waals surface area contributed by atoms with E-state index in [2.05, 4.69) is 56.2 Å². The van der Waals surface area contributed by atoms with Gasteiger partial charge in [0.25, 0.3) is 0 Å². The van der Waals surface area contributed by atoms with Crippen molar-refractivity contribution in [3.05, 3.63) is 68.4 Å². The van der Waals surface area contributed by atoms with Crippen molar-refractivity contribution >= 4 is 31.9 Å². The number of hydrogen-bond donors (Lipinski definition) is 1. The van der Waals surface area contributed by atoms with Crippen LogP contribution >= 0.6 is 31.9 Å². The maximum absolute atomic E-state index is 13.9. The summed E-state index contributed by atoms with van der Waals surface area (Å²) >= 11 is 6.85. The fourth-order valence-corrected chi connectivity index (χ4v) is 3.05. The van der Waals surface area contributed by atoms with Crippen molar-refractivity contribution in [2.24, 2.45) is 0 Å². The number of rotatable bonds is 6. The Labute approximate surface area is 142 Å². The molecule has 1 nitrogen and oxygen atoms in total. The molecule has 1 N–H and O–H groups in total. The first-order valence-corrected chi connectivity index (χ1v) is 8.59. The van der Waals surface area contributed by atoms with E-state index in [4.69, 9.17) is 0 Å². The number of benzene rings is 2. The monoisotopic (exact) mass is 413 g/mol. The van der Waals surface area contributed by atoms with E-state index in [1.54, 1.807) is 6.07 Å². The highest BCUT2D eigenvalue weighted by Gasteiger charge is 2.13. The minimum Gasteiger partial charge on any atom is -0.314 e. The first-order chi connectivity index (χ1) is 10.1. The molecule has 0 spiro atoms. The summed E-state index contributed by atoms with van der Waals surface area (Å²) in [6.45, 7) is 2.95. The van der Waals surface area contributed by atoms with E-state index in [1.807, 2.05) is 18.2 Å². The normalized spacial score (nSPS) is 12.4. The third-order valence-electron chi connectivity index (χ3n) is 3.36. The molecule has 21 heavy (non-hydrogen) atoms. The second-order valence-corrected chi connectivity index (χ2v) is 6.86. The molecule has 0 amide bonds. The average molecular weight is 415 g/mol. The van der Waals surface area contributed by atoms with Crippen LogP contribution in [0.25, 0.3) is 0 Å². The molecule has 112 valence electrons. The van der Waals surface area contributed by atoms with Crippen molar-refractivity contribution in [2.75, 3.05) is 6.54 Å². The number of nitrogens with one attached hydrogen (secondary N) is 1. The molecule has 0 bridgehead atoms. The van der Waals surface area contributed by atoms with Gasteiger partial charge >= 0.3 is 0 Å². The highest BCUT2D eigenvalue weighted by molar-refractivity contribution is 9.10. The van der Waals surface area contributed by atoms with E-state index in [1.165, 1.54) is 11.6 Å². The van der Waals surface area contributed by atoms with Gasteiger partial charge in [-0.15, -0.1) is 0 Å². The van der Waals surface area contributed by atoms with E-state index < -0.39 is 0 Å². The van der Waals surface area contributed by atoms with Crippen LogP contribution < -0.4 is 5.32 Å². The van der Waals surface area contributed by atoms with Crippen LogP contribution in [0.15, 0.2) is 51.4 Å². The molecular weight excluding hydrogens is 397 g/mol. The van der Waals surface area contributed by atoms with Crippen LogP contribution in [-0.4, -0.2) is 12.6 Å². The van der Waals surface area contributed by atoms with Gasteiger partial charge in [0.2, 0.25) is 0 Å². The molecule has 0 heterocycles. The van der Waals surface area contributed by atoms with Gasteiger partial charge in [-0.25, -0.2) is 4.39 Å². The fraction of sp³-hybridized carbons (Fsp3) is 0.294. The Hall–Kier alpha value is -0.710. The van der Waals surface area contributed by atoms with Crippen LogP contribution in [0.2, 0.25) is 0 Å². The number of likely N-dealkylation sites (N-methyl/N-ethyl adjacent to an activating group) is 1. The lowest BCUT2D eigenvalue weighted by Gasteiger charge is -2.19. The molecule has 2 aromatic rings. The largest absolute Gasteiger partial charge is 0.314 e. The minimum absolute atomic E-state index is 0.142.